The quantitative estimate of drug-likeness (QED) is 0.442. The van der Waals surface area contributed by atoms with Crippen molar-refractivity contribution < 1.29 is 22.3 Å². The van der Waals surface area contributed by atoms with Gasteiger partial charge < -0.3 is 10.1 Å². The van der Waals surface area contributed by atoms with Crippen LogP contribution in [0.25, 0.3) is 5.57 Å². The summed E-state index contributed by atoms with van der Waals surface area (Å²) < 4.78 is 54.6. The van der Waals surface area contributed by atoms with Crippen molar-refractivity contribution in [2.24, 2.45) is 0 Å². The molecule has 0 heterocycles. The molecular formula is C22H21F4NO. The minimum absolute atomic E-state index is 0.260. The fourth-order valence-corrected chi connectivity index (χ4v) is 2.42. The second-order valence-corrected chi connectivity index (χ2v) is 6.19. The fraction of sp³-hybridized carbons (Fsp3) is 0.182. The number of allylic oxidation sites excluding steroid dienone is 5. The number of benzene rings is 2. The molecule has 28 heavy (non-hydrogen) atoms. The maximum absolute atomic E-state index is 13.7. The molecule has 2 aromatic carbocycles. The van der Waals surface area contributed by atoms with E-state index in [-0.39, 0.29) is 11.6 Å². The second kappa shape index (κ2) is 9.26. The molecule has 0 unspecified atom stereocenters. The summed E-state index contributed by atoms with van der Waals surface area (Å²) in [6.45, 7) is 7.60. The molecule has 0 aromatic heterocycles. The van der Waals surface area contributed by atoms with Crippen LogP contribution in [-0.2, 0) is 6.54 Å². The normalized spacial score (nSPS) is 12.6. The molecule has 0 fully saturated rings. The Labute approximate surface area is 161 Å². The summed E-state index contributed by atoms with van der Waals surface area (Å²) >= 11 is 0. The number of rotatable bonds is 7. The summed E-state index contributed by atoms with van der Waals surface area (Å²) in [4.78, 5) is 0. The number of alkyl halides is 3. The van der Waals surface area contributed by atoms with Gasteiger partial charge in [-0.2, -0.15) is 0 Å². The number of aryl methyl sites for hydroxylation is 1. The Balaban J connectivity index is 2.05. The van der Waals surface area contributed by atoms with Crippen molar-refractivity contribution in [1.82, 2.24) is 5.32 Å². The molecule has 0 aliphatic heterocycles. The van der Waals surface area contributed by atoms with E-state index in [1.54, 1.807) is 37.3 Å². The van der Waals surface area contributed by atoms with Crippen LogP contribution < -0.4 is 10.1 Å². The SMILES string of the molecule is C=C/C(=C\C=C(/C)NCc1cccc(OC(F)(F)F)c1)c1ccc(C)c(F)c1. The van der Waals surface area contributed by atoms with Crippen LogP contribution >= 0.6 is 0 Å². The van der Waals surface area contributed by atoms with Crippen LogP contribution in [0, 0.1) is 12.7 Å². The average Bonchev–Trinajstić information content (AvgIpc) is 2.62. The number of halogens is 4. The molecule has 0 saturated carbocycles. The van der Waals surface area contributed by atoms with Gasteiger partial charge in [0, 0.05) is 12.2 Å². The van der Waals surface area contributed by atoms with E-state index in [0.717, 1.165) is 11.3 Å². The van der Waals surface area contributed by atoms with Crippen molar-refractivity contribution in [3.05, 3.63) is 95.5 Å². The van der Waals surface area contributed by atoms with E-state index in [4.69, 9.17) is 0 Å². The van der Waals surface area contributed by atoms with Crippen LogP contribution in [0.15, 0.2) is 73.0 Å². The van der Waals surface area contributed by atoms with E-state index in [9.17, 15) is 17.6 Å². The second-order valence-electron chi connectivity index (χ2n) is 6.19. The molecule has 0 amide bonds. The minimum Gasteiger partial charge on any atom is -0.406 e. The Hall–Kier alpha value is -3.02. The van der Waals surface area contributed by atoms with E-state index >= 15 is 0 Å². The average molecular weight is 391 g/mol. The van der Waals surface area contributed by atoms with E-state index in [0.29, 0.717) is 23.2 Å². The molecule has 1 N–H and O–H groups in total. The smallest absolute Gasteiger partial charge is 0.406 e. The van der Waals surface area contributed by atoms with Crippen molar-refractivity contribution in [3.8, 4) is 5.75 Å². The molecule has 148 valence electrons. The predicted molar refractivity (Wildman–Crippen MR) is 103 cm³/mol. The maximum Gasteiger partial charge on any atom is 0.573 e. The van der Waals surface area contributed by atoms with Gasteiger partial charge in [0.25, 0.3) is 0 Å². The van der Waals surface area contributed by atoms with Crippen LogP contribution in [0.3, 0.4) is 0 Å². The monoisotopic (exact) mass is 391 g/mol. The Bertz CT molecular complexity index is 898. The van der Waals surface area contributed by atoms with E-state index in [1.807, 2.05) is 13.0 Å². The molecule has 0 bridgehead atoms. The van der Waals surface area contributed by atoms with Crippen LogP contribution in [0.5, 0.6) is 5.75 Å². The lowest BCUT2D eigenvalue weighted by Gasteiger charge is -2.11. The highest BCUT2D eigenvalue weighted by atomic mass is 19.4. The third-order valence-corrected chi connectivity index (χ3v) is 3.94. The molecule has 2 rings (SSSR count). The van der Waals surface area contributed by atoms with Gasteiger partial charge in [-0.05, 0) is 60.4 Å². The topological polar surface area (TPSA) is 21.3 Å². The van der Waals surface area contributed by atoms with Crippen molar-refractivity contribution in [2.75, 3.05) is 0 Å². The zero-order valence-electron chi connectivity index (χ0n) is 15.6. The van der Waals surface area contributed by atoms with Gasteiger partial charge in [-0.1, -0.05) is 43.0 Å². The third kappa shape index (κ3) is 6.61. The van der Waals surface area contributed by atoms with E-state index in [1.165, 1.54) is 24.3 Å². The van der Waals surface area contributed by atoms with E-state index < -0.39 is 6.36 Å². The molecular weight excluding hydrogens is 370 g/mol. The number of ether oxygens (including phenoxy) is 1. The van der Waals surface area contributed by atoms with Crippen molar-refractivity contribution >= 4 is 5.57 Å². The van der Waals surface area contributed by atoms with Gasteiger partial charge in [0.1, 0.15) is 11.6 Å². The van der Waals surface area contributed by atoms with Crippen LogP contribution in [0.1, 0.15) is 23.6 Å². The molecule has 2 nitrogen and oxygen atoms in total. The minimum atomic E-state index is -4.72. The molecule has 0 atom stereocenters. The van der Waals surface area contributed by atoms with Crippen LogP contribution in [0.2, 0.25) is 0 Å². The van der Waals surface area contributed by atoms with Crippen molar-refractivity contribution in [3.63, 3.8) is 0 Å². The van der Waals surface area contributed by atoms with Crippen LogP contribution in [-0.4, -0.2) is 6.36 Å². The molecule has 0 radical (unpaired) electrons. The standard InChI is InChI=1S/C22H21F4NO/c1-4-18(19-10-8-15(2)21(23)13-19)11-9-16(3)27-14-17-6-5-7-20(12-17)28-22(24,25)26/h4-13,27H,1,14H2,2-3H3/b16-9+,18-11+. The molecule has 0 aliphatic carbocycles. The highest BCUT2D eigenvalue weighted by molar-refractivity contribution is 5.74. The number of hydrogen-bond donors (Lipinski definition) is 1. The first-order valence-corrected chi connectivity index (χ1v) is 8.54. The molecule has 0 aliphatic rings. The van der Waals surface area contributed by atoms with Gasteiger partial charge >= 0.3 is 6.36 Å². The molecule has 0 saturated heterocycles. The first-order valence-electron chi connectivity index (χ1n) is 8.54. The Morgan fingerprint density at radius 2 is 1.89 bits per heavy atom. The zero-order valence-corrected chi connectivity index (χ0v) is 15.6. The van der Waals surface area contributed by atoms with E-state index in [2.05, 4.69) is 16.6 Å². The Kier molecular flexibility index (Phi) is 7.04. The number of hydrogen-bond acceptors (Lipinski definition) is 2. The summed E-state index contributed by atoms with van der Waals surface area (Å²) in [7, 11) is 0. The zero-order chi connectivity index (χ0) is 20.7. The summed E-state index contributed by atoms with van der Waals surface area (Å²) in [5.41, 5.74) is 3.45. The lowest BCUT2D eigenvalue weighted by atomic mass is 10.0. The van der Waals surface area contributed by atoms with Gasteiger partial charge in [-0.25, -0.2) is 4.39 Å². The van der Waals surface area contributed by atoms with Crippen molar-refractivity contribution in [1.29, 1.82) is 0 Å². The summed E-state index contributed by atoms with van der Waals surface area (Å²) in [6, 6.07) is 10.7. The molecule has 2 aromatic rings. The van der Waals surface area contributed by atoms with Gasteiger partial charge in [0.05, 0.1) is 0 Å². The fourth-order valence-electron chi connectivity index (χ4n) is 2.42. The first kappa shape index (κ1) is 21.3. The number of nitrogens with one attached hydrogen (secondary N) is 1. The van der Waals surface area contributed by atoms with Crippen molar-refractivity contribution in [2.45, 2.75) is 26.8 Å². The maximum atomic E-state index is 13.7. The lowest BCUT2D eigenvalue weighted by molar-refractivity contribution is -0.274. The Morgan fingerprint density at radius 1 is 1.14 bits per heavy atom. The van der Waals surface area contributed by atoms with Gasteiger partial charge in [0.15, 0.2) is 0 Å². The van der Waals surface area contributed by atoms with Gasteiger partial charge in [-0.15, -0.1) is 13.2 Å². The highest BCUT2D eigenvalue weighted by Gasteiger charge is 2.31. The third-order valence-electron chi connectivity index (χ3n) is 3.94. The lowest BCUT2D eigenvalue weighted by Crippen LogP contribution is -2.17. The largest absolute Gasteiger partial charge is 0.573 e. The Morgan fingerprint density at radius 3 is 2.54 bits per heavy atom. The summed E-state index contributed by atoms with van der Waals surface area (Å²) in [6.07, 6.45) is 0.502. The summed E-state index contributed by atoms with van der Waals surface area (Å²) in [5, 5.41) is 3.11. The molecule has 0 spiro atoms. The molecule has 6 heteroatoms. The van der Waals surface area contributed by atoms with Gasteiger partial charge in [0.2, 0.25) is 0 Å². The van der Waals surface area contributed by atoms with Gasteiger partial charge in [-0.3, -0.25) is 0 Å². The first-order chi connectivity index (χ1) is 13.2. The highest BCUT2D eigenvalue weighted by Crippen LogP contribution is 2.23. The predicted octanol–water partition coefficient (Wildman–Crippen LogP) is 6.30. The summed E-state index contributed by atoms with van der Waals surface area (Å²) in [5.74, 6) is -0.547. The van der Waals surface area contributed by atoms with Crippen LogP contribution in [0.4, 0.5) is 17.6 Å².